The van der Waals surface area contributed by atoms with Gasteiger partial charge in [0, 0.05) is 22.1 Å². The first kappa shape index (κ1) is 17.7. The predicted octanol–water partition coefficient (Wildman–Crippen LogP) is 4.33. The number of carboxylic acid groups (broad SMARTS) is 1. The molecule has 1 saturated carbocycles. The maximum atomic E-state index is 11.2. The van der Waals surface area contributed by atoms with Crippen molar-refractivity contribution < 1.29 is 9.90 Å². The zero-order chi connectivity index (χ0) is 20.0. The van der Waals surface area contributed by atoms with Gasteiger partial charge in [-0.05, 0) is 54.9 Å². The molecule has 1 fully saturated rings. The molecule has 144 valence electrons. The molecule has 7 nitrogen and oxygen atoms in total. The number of anilines is 1. The van der Waals surface area contributed by atoms with Gasteiger partial charge in [0.25, 0.3) is 0 Å². The normalized spacial score (nSPS) is 13.7. The molecule has 29 heavy (non-hydrogen) atoms. The van der Waals surface area contributed by atoms with Crippen molar-refractivity contribution in [3.8, 4) is 11.3 Å². The number of fused-ring (bicyclic) bond motifs is 1. The van der Waals surface area contributed by atoms with E-state index in [-0.39, 0.29) is 5.56 Å². The summed E-state index contributed by atoms with van der Waals surface area (Å²) in [5, 5.41) is 18.0. The lowest BCUT2D eigenvalue weighted by molar-refractivity contribution is 0.0696. The van der Waals surface area contributed by atoms with E-state index in [0.29, 0.717) is 16.9 Å². The molecular weight excluding hydrogens is 386 g/mol. The molecule has 0 amide bonds. The van der Waals surface area contributed by atoms with Crippen LogP contribution in [0.2, 0.25) is 0 Å². The zero-order valence-electron chi connectivity index (χ0n) is 15.3. The van der Waals surface area contributed by atoms with Gasteiger partial charge in [0.2, 0.25) is 0 Å². The van der Waals surface area contributed by atoms with Crippen LogP contribution in [0, 0.1) is 0 Å². The number of carboxylic acids is 1. The van der Waals surface area contributed by atoms with E-state index < -0.39 is 5.97 Å². The van der Waals surface area contributed by atoms with E-state index in [0.717, 1.165) is 32.7 Å². The summed E-state index contributed by atoms with van der Waals surface area (Å²) in [6.07, 6.45) is 2.40. The van der Waals surface area contributed by atoms with Crippen LogP contribution in [0.3, 0.4) is 0 Å². The van der Waals surface area contributed by atoms with Crippen LogP contribution in [0.15, 0.2) is 58.6 Å². The summed E-state index contributed by atoms with van der Waals surface area (Å²) < 4.78 is 0. The molecule has 2 aromatic heterocycles. The van der Waals surface area contributed by atoms with Gasteiger partial charge in [0.05, 0.1) is 22.2 Å². The molecule has 0 spiro atoms. The van der Waals surface area contributed by atoms with Gasteiger partial charge in [-0.3, -0.25) is 5.10 Å². The van der Waals surface area contributed by atoms with Gasteiger partial charge >= 0.3 is 5.97 Å². The van der Waals surface area contributed by atoms with E-state index in [1.165, 1.54) is 24.6 Å². The molecule has 2 aromatic carbocycles. The van der Waals surface area contributed by atoms with Crippen LogP contribution in [0.1, 0.15) is 34.8 Å². The lowest BCUT2D eigenvalue weighted by Gasteiger charge is -2.08. The Kier molecular flexibility index (Phi) is 4.21. The third kappa shape index (κ3) is 3.42. The van der Waals surface area contributed by atoms with Crippen LogP contribution < -0.4 is 5.73 Å². The maximum Gasteiger partial charge on any atom is 0.335 e. The molecule has 4 aromatic rings. The van der Waals surface area contributed by atoms with Gasteiger partial charge in [-0.1, -0.05) is 18.2 Å². The van der Waals surface area contributed by atoms with E-state index in [1.54, 1.807) is 18.2 Å². The fraction of sp³-hybridized carbons (Fsp3) is 0.143. The Bertz CT molecular complexity index is 1250. The fourth-order valence-electron chi connectivity index (χ4n) is 3.32. The first-order valence-electron chi connectivity index (χ1n) is 9.21. The minimum absolute atomic E-state index is 0.219. The fourth-order valence-corrected chi connectivity index (χ4v) is 4.16. The maximum absolute atomic E-state index is 11.2. The third-order valence-corrected chi connectivity index (χ3v) is 5.77. The molecule has 0 atom stereocenters. The number of nitrogens with zero attached hydrogens (tertiary/aromatic N) is 3. The van der Waals surface area contributed by atoms with Crippen molar-refractivity contribution >= 4 is 34.5 Å². The number of H-pyrrole nitrogens is 1. The Balaban J connectivity index is 1.53. The second-order valence-corrected chi connectivity index (χ2v) is 8.05. The average Bonchev–Trinajstić information content (AvgIpc) is 3.44. The summed E-state index contributed by atoms with van der Waals surface area (Å²) in [6, 6.07) is 14.5. The number of carbonyl (C=O) groups is 1. The van der Waals surface area contributed by atoms with Crippen molar-refractivity contribution in [2.75, 3.05) is 5.73 Å². The van der Waals surface area contributed by atoms with Crippen molar-refractivity contribution in [1.82, 2.24) is 20.2 Å². The summed E-state index contributed by atoms with van der Waals surface area (Å²) in [5.41, 5.74) is 10.1. The highest BCUT2D eigenvalue weighted by molar-refractivity contribution is 7.99. The van der Waals surface area contributed by atoms with Crippen molar-refractivity contribution in [2.45, 2.75) is 28.8 Å². The Morgan fingerprint density at radius 1 is 1.14 bits per heavy atom. The smallest absolute Gasteiger partial charge is 0.335 e. The molecule has 2 heterocycles. The summed E-state index contributed by atoms with van der Waals surface area (Å²) >= 11 is 1.28. The van der Waals surface area contributed by atoms with E-state index in [4.69, 9.17) is 5.73 Å². The van der Waals surface area contributed by atoms with Crippen molar-refractivity contribution in [3.05, 3.63) is 59.8 Å². The van der Waals surface area contributed by atoms with E-state index in [9.17, 15) is 9.90 Å². The first-order chi connectivity index (χ1) is 14.1. The number of aromatic carboxylic acids is 1. The van der Waals surface area contributed by atoms with Gasteiger partial charge in [-0.2, -0.15) is 5.10 Å². The second-order valence-electron chi connectivity index (χ2n) is 7.01. The molecule has 0 bridgehead atoms. The lowest BCUT2D eigenvalue weighted by Crippen LogP contribution is -1.99. The molecule has 0 radical (unpaired) electrons. The van der Waals surface area contributed by atoms with Crippen molar-refractivity contribution in [3.63, 3.8) is 0 Å². The second kappa shape index (κ2) is 6.89. The SMILES string of the molecule is Nc1nc(Sc2cccc(C(=O)O)c2)nc2cccc(-c3cc(C4CC4)[nH]n3)c12. The number of hydrogen-bond acceptors (Lipinski definition) is 6. The standard InChI is InChI=1S/C21H17N5O2S/c22-19-18-14(17-10-16(25-26-17)11-7-8-11)5-2-6-15(18)23-21(24-19)29-13-4-1-3-12(9-13)20(27)28/h1-6,9-11H,7-8H2,(H,25,26)(H,27,28)(H2,22,23,24). The highest BCUT2D eigenvalue weighted by atomic mass is 32.2. The molecule has 1 aliphatic rings. The van der Waals surface area contributed by atoms with Gasteiger partial charge in [0.1, 0.15) is 5.82 Å². The number of rotatable bonds is 5. The van der Waals surface area contributed by atoms with Gasteiger partial charge in [0.15, 0.2) is 5.16 Å². The average molecular weight is 403 g/mol. The van der Waals surface area contributed by atoms with Gasteiger partial charge in [-0.25, -0.2) is 14.8 Å². The summed E-state index contributed by atoms with van der Waals surface area (Å²) in [5.74, 6) is -0.0107. The Hall–Kier alpha value is -3.39. The summed E-state index contributed by atoms with van der Waals surface area (Å²) in [4.78, 5) is 21.0. The van der Waals surface area contributed by atoms with Gasteiger partial charge < -0.3 is 10.8 Å². The molecule has 1 aliphatic carbocycles. The molecule has 8 heteroatoms. The van der Waals surface area contributed by atoms with Crippen LogP contribution in [-0.2, 0) is 0 Å². The van der Waals surface area contributed by atoms with Crippen LogP contribution in [0.5, 0.6) is 0 Å². The van der Waals surface area contributed by atoms with Gasteiger partial charge in [-0.15, -0.1) is 0 Å². The summed E-state index contributed by atoms with van der Waals surface area (Å²) in [7, 11) is 0. The number of nitrogens with two attached hydrogens (primary N) is 1. The number of hydrogen-bond donors (Lipinski definition) is 3. The summed E-state index contributed by atoms with van der Waals surface area (Å²) in [6.45, 7) is 0. The van der Waals surface area contributed by atoms with E-state index in [2.05, 4.69) is 26.2 Å². The topological polar surface area (TPSA) is 118 Å². The number of nitrogens with one attached hydrogen (secondary N) is 1. The Morgan fingerprint density at radius 2 is 1.97 bits per heavy atom. The molecule has 4 N–H and O–H groups in total. The number of benzene rings is 2. The minimum Gasteiger partial charge on any atom is -0.478 e. The zero-order valence-corrected chi connectivity index (χ0v) is 16.1. The van der Waals surface area contributed by atoms with Crippen molar-refractivity contribution in [2.24, 2.45) is 0 Å². The lowest BCUT2D eigenvalue weighted by atomic mass is 10.1. The number of aromatic amines is 1. The molecule has 0 saturated heterocycles. The monoisotopic (exact) mass is 403 g/mol. The Labute approximate surface area is 170 Å². The molecule has 0 unspecified atom stereocenters. The molecule has 5 rings (SSSR count). The highest BCUT2D eigenvalue weighted by Gasteiger charge is 2.26. The number of nitrogen functional groups attached to an aromatic ring is 1. The van der Waals surface area contributed by atoms with Crippen LogP contribution >= 0.6 is 11.8 Å². The van der Waals surface area contributed by atoms with E-state index in [1.807, 2.05) is 24.3 Å². The van der Waals surface area contributed by atoms with Crippen molar-refractivity contribution in [1.29, 1.82) is 0 Å². The third-order valence-electron chi connectivity index (χ3n) is 4.91. The van der Waals surface area contributed by atoms with Crippen LogP contribution in [0.25, 0.3) is 22.2 Å². The highest BCUT2D eigenvalue weighted by Crippen LogP contribution is 2.41. The largest absolute Gasteiger partial charge is 0.478 e. The van der Waals surface area contributed by atoms with E-state index >= 15 is 0 Å². The number of aromatic nitrogens is 4. The van der Waals surface area contributed by atoms with Crippen LogP contribution in [0.4, 0.5) is 5.82 Å². The van der Waals surface area contributed by atoms with Crippen LogP contribution in [-0.4, -0.2) is 31.2 Å². The minimum atomic E-state index is -0.972. The quantitative estimate of drug-likeness (QED) is 0.425. The molecular formula is C21H17N5O2S. The first-order valence-corrected chi connectivity index (χ1v) is 10.0. The predicted molar refractivity (Wildman–Crippen MR) is 111 cm³/mol. The molecule has 0 aliphatic heterocycles. The Morgan fingerprint density at radius 3 is 2.76 bits per heavy atom.